The van der Waals surface area contributed by atoms with Crippen molar-refractivity contribution in [2.24, 2.45) is 5.73 Å². The number of amides is 1. The van der Waals surface area contributed by atoms with E-state index in [0.29, 0.717) is 6.54 Å². The van der Waals surface area contributed by atoms with E-state index in [1.54, 1.807) is 13.8 Å². The molecule has 1 fully saturated rings. The van der Waals surface area contributed by atoms with Crippen LogP contribution in [0.3, 0.4) is 0 Å². The molecule has 1 saturated heterocycles. The molecule has 0 unspecified atom stereocenters. The lowest BCUT2D eigenvalue weighted by Crippen LogP contribution is -2.52. The second kappa shape index (κ2) is 11.8. The van der Waals surface area contributed by atoms with Crippen molar-refractivity contribution in [2.45, 2.75) is 19.4 Å². The number of halogens is 4. The van der Waals surface area contributed by atoms with Gasteiger partial charge in [0, 0.05) is 45.0 Å². The second-order valence-corrected chi connectivity index (χ2v) is 6.28. The average molecular weight is 418 g/mol. The molecule has 0 aromatic heterocycles. The fourth-order valence-electron chi connectivity index (χ4n) is 2.44. The van der Waals surface area contributed by atoms with Crippen molar-refractivity contribution in [3.05, 3.63) is 30.1 Å². The Kier molecular flexibility index (Phi) is 12.4. The molecule has 2 rings (SSSR count). The molecule has 1 aromatic rings. The molecule has 1 aromatic carbocycles. The lowest BCUT2D eigenvalue weighted by atomic mass is 10.1. The van der Waals surface area contributed by atoms with Crippen LogP contribution in [0.15, 0.2) is 24.3 Å². The van der Waals surface area contributed by atoms with E-state index < -0.39 is 5.54 Å². The van der Waals surface area contributed by atoms with Crippen LogP contribution in [0.5, 0.6) is 0 Å². The average Bonchev–Trinajstić information content (AvgIpc) is 2.48. The number of nitrogens with one attached hydrogen (secondary N) is 1. The Morgan fingerprint density at radius 1 is 1.12 bits per heavy atom. The van der Waals surface area contributed by atoms with Crippen LogP contribution in [0, 0.1) is 5.82 Å². The molecule has 3 N–H and O–H groups in total. The van der Waals surface area contributed by atoms with E-state index >= 15 is 0 Å². The van der Waals surface area contributed by atoms with Gasteiger partial charge in [0.1, 0.15) is 5.82 Å². The van der Waals surface area contributed by atoms with Crippen molar-refractivity contribution in [2.75, 3.05) is 44.2 Å². The van der Waals surface area contributed by atoms with E-state index in [0.717, 1.165) is 38.4 Å². The van der Waals surface area contributed by atoms with Crippen LogP contribution in [-0.2, 0) is 4.79 Å². The highest BCUT2D eigenvalue weighted by atomic mass is 35.5. The fraction of sp³-hybridized carbons (Fsp3) is 0.562. The first kappa shape index (κ1) is 26.4. The van der Waals surface area contributed by atoms with Gasteiger partial charge in [-0.2, -0.15) is 0 Å². The molecule has 0 atom stereocenters. The molecule has 146 valence electrons. The number of anilines is 1. The van der Waals surface area contributed by atoms with Gasteiger partial charge in [-0.05, 0) is 38.1 Å². The molecule has 25 heavy (non-hydrogen) atoms. The standard InChI is InChI=1S/C16H25FN4O.3ClH/c1-16(2,18)15(22)19-7-8-20-9-11-21(12-10-20)14-5-3-13(17)4-6-14;;;/h3-6H,7-12,18H2,1-2H3,(H,19,22);3*1H. The minimum Gasteiger partial charge on any atom is -0.369 e. The number of nitrogens with zero attached hydrogens (tertiary/aromatic N) is 2. The van der Waals surface area contributed by atoms with Gasteiger partial charge in [-0.25, -0.2) is 4.39 Å². The number of carbonyl (C=O) groups is 1. The summed E-state index contributed by atoms with van der Waals surface area (Å²) in [4.78, 5) is 16.2. The third-order valence-corrected chi connectivity index (χ3v) is 3.86. The topological polar surface area (TPSA) is 61.6 Å². The largest absolute Gasteiger partial charge is 0.369 e. The summed E-state index contributed by atoms with van der Waals surface area (Å²) in [6.45, 7) is 8.49. The Morgan fingerprint density at radius 2 is 1.64 bits per heavy atom. The molecule has 0 bridgehead atoms. The molecule has 0 spiro atoms. The smallest absolute Gasteiger partial charge is 0.239 e. The van der Waals surface area contributed by atoms with Gasteiger partial charge in [0.15, 0.2) is 0 Å². The summed E-state index contributed by atoms with van der Waals surface area (Å²) in [5.41, 5.74) is 5.96. The first-order valence-corrected chi connectivity index (χ1v) is 7.66. The van der Waals surface area contributed by atoms with Gasteiger partial charge in [0.05, 0.1) is 5.54 Å². The van der Waals surface area contributed by atoms with Crippen LogP contribution in [0.4, 0.5) is 10.1 Å². The van der Waals surface area contributed by atoms with E-state index in [4.69, 9.17) is 5.73 Å². The van der Waals surface area contributed by atoms with Gasteiger partial charge in [-0.15, -0.1) is 37.2 Å². The summed E-state index contributed by atoms with van der Waals surface area (Å²) in [7, 11) is 0. The third kappa shape index (κ3) is 8.42. The minimum absolute atomic E-state index is 0. The number of nitrogens with two attached hydrogens (primary N) is 1. The van der Waals surface area contributed by atoms with Crippen molar-refractivity contribution in [3.8, 4) is 0 Å². The predicted molar refractivity (Wildman–Crippen MR) is 108 cm³/mol. The molecule has 1 aliphatic heterocycles. The molecule has 1 heterocycles. The first-order chi connectivity index (χ1) is 10.4. The van der Waals surface area contributed by atoms with E-state index in [2.05, 4.69) is 15.1 Å². The molecule has 0 saturated carbocycles. The molecule has 1 aliphatic rings. The number of hydrogen-bond donors (Lipinski definition) is 2. The summed E-state index contributed by atoms with van der Waals surface area (Å²) < 4.78 is 12.9. The maximum atomic E-state index is 12.9. The zero-order chi connectivity index (χ0) is 16.2. The Bertz CT molecular complexity index is 503. The zero-order valence-corrected chi connectivity index (χ0v) is 17.0. The van der Waals surface area contributed by atoms with E-state index in [1.165, 1.54) is 12.1 Å². The number of benzene rings is 1. The summed E-state index contributed by atoms with van der Waals surface area (Å²) in [6.07, 6.45) is 0. The van der Waals surface area contributed by atoms with E-state index in [1.807, 2.05) is 12.1 Å². The predicted octanol–water partition coefficient (Wildman–Crippen LogP) is 2.07. The lowest BCUT2D eigenvalue weighted by Gasteiger charge is -2.36. The summed E-state index contributed by atoms with van der Waals surface area (Å²) in [5, 5.41) is 2.86. The molecular formula is C16H28Cl3FN4O. The second-order valence-electron chi connectivity index (χ2n) is 6.28. The van der Waals surface area contributed by atoms with Gasteiger partial charge in [-0.3, -0.25) is 9.69 Å². The van der Waals surface area contributed by atoms with Crippen LogP contribution in [0.2, 0.25) is 0 Å². The Hall–Kier alpha value is -0.790. The molecule has 0 radical (unpaired) electrons. The van der Waals surface area contributed by atoms with Crippen LogP contribution in [-0.4, -0.2) is 55.6 Å². The van der Waals surface area contributed by atoms with Crippen molar-refractivity contribution < 1.29 is 9.18 Å². The highest BCUT2D eigenvalue weighted by Crippen LogP contribution is 2.16. The molecule has 9 heteroatoms. The van der Waals surface area contributed by atoms with Crippen LogP contribution in [0.1, 0.15) is 13.8 Å². The van der Waals surface area contributed by atoms with Crippen LogP contribution in [0.25, 0.3) is 0 Å². The normalized spacial score (nSPS) is 14.6. The van der Waals surface area contributed by atoms with Crippen LogP contribution >= 0.6 is 37.2 Å². The fourth-order valence-corrected chi connectivity index (χ4v) is 2.44. The van der Waals surface area contributed by atoms with Crippen molar-refractivity contribution in [3.63, 3.8) is 0 Å². The molecular weight excluding hydrogens is 390 g/mol. The van der Waals surface area contributed by atoms with E-state index in [-0.39, 0.29) is 48.9 Å². The van der Waals surface area contributed by atoms with Gasteiger partial charge in [0.25, 0.3) is 0 Å². The monoisotopic (exact) mass is 416 g/mol. The number of hydrogen-bond acceptors (Lipinski definition) is 4. The summed E-state index contributed by atoms with van der Waals surface area (Å²) >= 11 is 0. The summed E-state index contributed by atoms with van der Waals surface area (Å²) in [6, 6.07) is 6.61. The number of piperazine rings is 1. The van der Waals surface area contributed by atoms with Crippen molar-refractivity contribution in [1.29, 1.82) is 0 Å². The third-order valence-electron chi connectivity index (χ3n) is 3.86. The molecule has 5 nitrogen and oxygen atoms in total. The van der Waals surface area contributed by atoms with E-state index in [9.17, 15) is 9.18 Å². The Morgan fingerprint density at radius 3 is 2.12 bits per heavy atom. The zero-order valence-electron chi connectivity index (χ0n) is 14.5. The Labute approximate surface area is 167 Å². The maximum Gasteiger partial charge on any atom is 0.239 e. The molecule has 1 amide bonds. The summed E-state index contributed by atoms with van der Waals surface area (Å²) in [5.74, 6) is -0.335. The van der Waals surface area contributed by atoms with Crippen LogP contribution < -0.4 is 16.0 Å². The molecule has 0 aliphatic carbocycles. The van der Waals surface area contributed by atoms with Gasteiger partial charge >= 0.3 is 0 Å². The van der Waals surface area contributed by atoms with Gasteiger partial charge in [0.2, 0.25) is 5.91 Å². The first-order valence-electron chi connectivity index (χ1n) is 7.66. The highest BCUT2D eigenvalue weighted by molar-refractivity contribution is 5.86. The highest BCUT2D eigenvalue weighted by Gasteiger charge is 2.22. The van der Waals surface area contributed by atoms with Gasteiger partial charge in [-0.1, -0.05) is 0 Å². The SMILES string of the molecule is CC(C)(N)C(=O)NCCN1CCN(c2ccc(F)cc2)CC1.Cl.Cl.Cl. The maximum absolute atomic E-state index is 12.9. The van der Waals surface area contributed by atoms with Crippen molar-refractivity contribution >= 4 is 48.8 Å². The Balaban J connectivity index is 0. The van der Waals surface area contributed by atoms with Gasteiger partial charge < -0.3 is 16.0 Å². The number of carbonyl (C=O) groups excluding carboxylic acids is 1. The van der Waals surface area contributed by atoms with Crippen molar-refractivity contribution in [1.82, 2.24) is 10.2 Å². The minimum atomic E-state index is -0.832. The lowest BCUT2D eigenvalue weighted by molar-refractivity contribution is -0.125. The quantitative estimate of drug-likeness (QED) is 0.770. The number of rotatable bonds is 5.